The van der Waals surface area contributed by atoms with Crippen molar-refractivity contribution in [2.24, 2.45) is 0 Å². The standard InChI is InChI=1S/C21H20ClF3N4O3.ClH/c22-15-3-5-16(6-4-15)28-20(30)32-18(21(23,24)25)13-29-9-1-2-17(12-29)31-19-10-14(11-26)7-8-27-19;/h3-8,10,17-18H,1-2,9,12-13H2,(H,28,30);1H/t17?,18-;/m0./s1. The molecule has 0 spiro atoms. The van der Waals surface area contributed by atoms with Crippen LogP contribution in [0.4, 0.5) is 23.7 Å². The molecule has 0 saturated carbocycles. The van der Waals surface area contributed by atoms with Gasteiger partial charge in [-0.05, 0) is 49.7 Å². The van der Waals surface area contributed by atoms with Gasteiger partial charge in [0.05, 0.1) is 11.6 Å². The number of ether oxygens (including phenoxy) is 2. The topological polar surface area (TPSA) is 87.5 Å². The third-order valence-electron chi connectivity index (χ3n) is 4.74. The van der Waals surface area contributed by atoms with Gasteiger partial charge in [-0.3, -0.25) is 10.2 Å². The summed E-state index contributed by atoms with van der Waals surface area (Å²) in [6.45, 7) is 0.0799. The molecule has 178 valence electrons. The lowest BCUT2D eigenvalue weighted by atomic mass is 10.1. The molecule has 3 rings (SSSR count). The van der Waals surface area contributed by atoms with Crippen molar-refractivity contribution in [3.63, 3.8) is 0 Å². The predicted molar refractivity (Wildman–Crippen MR) is 118 cm³/mol. The van der Waals surface area contributed by atoms with E-state index in [1.54, 1.807) is 0 Å². The van der Waals surface area contributed by atoms with Gasteiger partial charge in [0.25, 0.3) is 0 Å². The molecule has 2 atom stereocenters. The number of nitriles is 1. The molecular formula is C21H21Cl2F3N4O3. The van der Waals surface area contributed by atoms with E-state index in [0.717, 1.165) is 0 Å². The SMILES string of the molecule is Cl.N#Cc1ccnc(OC2CCCN(C[C@H](OC(=O)Nc3ccc(Cl)cc3)C(F)(F)F)C2)c1. The molecule has 0 radical (unpaired) electrons. The van der Waals surface area contributed by atoms with Gasteiger partial charge in [-0.1, -0.05) is 11.6 Å². The van der Waals surface area contributed by atoms with Crippen LogP contribution in [0.15, 0.2) is 42.6 Å². The second-order valence-electron chi connectivity index (χ2n) is 7.20. The minimum absolute atomic E-state index is 0. The van der Waals surface area contributed by atoms with Crippen LogP contribution in [0.5, 0.6) is 5.88 Å². The van der Waals surface area contributed by atoms with E-state index in [2.05, 4.69) is 10.3 Å². The maximum Gasteiger partial charge on any atom is 0.426 e. The van der Waals surface area contributed by atoms with Gasteiger partial charge in [0, 0.05) is 36.1 Å². The minimum atomic E-state index is -4.74. The number of hydrogen-bond donors (Lipinski definition) is 1. The van der Waals surface area contributed by atoms with Crippen molar-refractivity contribution in [3.05, 3.63) is 53.2 Å². The number of aromatic nitrogens is 1. The average Bonchev–Trinajstić information content (AvgIpc) is 2.75. The number of anilines is 1. The number of pyridine rings is 1. The van der Waals surface area contributed by atoms with E-state index in [0.29, 0.717) is 30.0 Å². The second kappa shape index (κ2) is 11.9. The van der Waals surface area contributed by atoms with Gasteiger partial charge in [-0.2, -0.15) is 18.4 Å². The number of carbonyl (C=O) groups is 1. The number of piperidine rings is 1. The van der Waals surface area contributed by atoms with Crippen molar-refractivity contribution in [1.82, 2.24) is 9.88 Å². The molecular weight excluding hydrogens is 484 g/mol. The summed E-state index contributed by atoms with van der Waals surface area (Å²) in [7, 11) is 0. The Morgan fingerprint density at radius 3 is 2.73 bits per heavy atom. The number of rotatable bonds is 6. The number of nitrogens with one attached hydrogen (secondary N) is 1. The second-order valence-corrected chi connectivity index (χ2v) is 7.64. The van der Waals surface area contributed by atoms with Gasteiger partial charge in [-0.25, -0.2) is 9.78 Å². The number of likely N-dealkylation sites (tertiary alicyclic amines) is 1. The number of carbonyl (C=O) groups excluding carboxylic acids is 1. The summed E-state index contributed by atoms with van der Waals surface area (Å²) in [5, 5.41) is 11.7. The van der Waals surface area contributed by atoms with E-state index in [1.165, 1.54) is 47.5 Å². The molecule has 1 amide bonds. The molecule has 0 aliphatic carbocycles. The van der Waals surface area contributed by atoms with Crippen molar-refractivity contribution in [3.8, 4) is 11.9 Å². The maximum atomic E-state index is 13.5. The summed E-state index contributed by atoms with van der Waals surface area (Å²) < 4.78 is 51.0. The first-order valence-electron chi connectivity index (χ1n) is 9.78. The fraction of sp³-hybridized carbons (Fsp3) is 0.381. The van der Waals surface area contributed by atoms with E-state index in [1.807, 2.05) is 6.07 Å². The number of amides is 1. The van der Waals surface area contributed by atoms with Gasteiger partial charge in [0.1, 0.15) is 6.10 Å². The maximum absolute atomic E-state index is 13.5. The summed E-state index contributed by atoms with van der Waals surface area (Å²) >= 11 is 5.75. The number of halogens is 5. The number of alkyl halides is 3. The summed E-state index contributed by atoms with van der Waals surface area (Å²) in [6, 6.07) is 10.9. The Morgan fingerprint density at radius 1 is 1.33 bits per heavy atom. The first-order chi connectivity index (χ1) is 15.2. The zero-order chi connectivity index (χ0) is 23.1. The molecule has 1 aromatic carbocycles. The van der Waals surface area contributed by atoms with Crippen molar-refractivity contribution in [2.75, 3.05) is 25.0 Å². The molecule has 1 aliphatic rings. The van der Waals surface area contributed by atoms with Crippen molar-refractivity contribution >= 4 is 35.8 Å². The third-order valence-corrected chi connectivity index (χ3v) is 4.99. The van der Waals surface area contributed by atoms with Crippen molar-refractivity contribution < 1.29 is 27.4 Å². The fourth-order valence-corrected chi connectivity index (χ4v) is 3.37. The van der Waals surface area contributed by atoms with E-state index in [-0.39, 0.29) is 30.5 Å². The number of hydrogen-bond acceptors (Lipinski definition) is 6. The predicted octanol–water partition coefficient (Wildman–Crippen LogP) is 5.05. The molecule has 1 aliphatic heterocycles. The third kappa shape index (κ3) is 8.28. The fourth-order valence-electron chi connectivity index (χ4n) is 3.24. The molecule has 1 unspecified atom stereocenters. The molecule has 1 aromatic heterocycles. The highest BCUT2D eigenvalue weighted by Crippen LogP contribution is 2.26. The van der Waals surface area contributed by atoms with E-state index in [4.69, 9.17) is 26.3 Å². The van der Waals surface area contributed by atoms with Crippen LogP contribution in [-0.2, 0) is 4.74 Å². The molecule has 33 heavy (non-hydrogen) atoms. The minimum Gasteiger partial charge on any atom is -0.473 e. The van der Waals surface area contributed by atoms with Crippen LogP contribution < -0.4 is 10.1 Å². The Labute approximate surface area is 199 Å². The Bertz CT molecular complexity index is 970. The molecule has 7 nitrogen and oxygen atoms in total. The summed E-state index contributed by atoms with van der Waals surface area (Å²) in [4.78, 5) is 17.6. The van der Waals surface area contributed by atoms with Gasteiger partial charge in [0.15, 0.2) is 0 Å². The molecule has 2 aromatic rings. The van der Waals surface area contributed by atoms with Crippen LogP contribution in [0, 0.1) is 11.3 Å². The Morgan fingerprint density at radius 2 is 2.06 bits per heavy atom. The van der Waals surface area contributed by atoms with Crippen molar-refractivity contribution in [1.29, 1.82) is 5.26 Å². The zero-order valence-corrected chi connectivity index (χ0v) is 18.8. The summed E-state index contributed by atoms with van der Waals surface area (Å²) in [6.07, 6.45) is -6.00. The van der Waals surface area contributed by atoms with Gasteiger partial charge >= 0.3 is 12.3 Å². The first-order valence-corrected chi connectivity index (χ1v) is 10.2. The number of nitrogens with zero attached hydrogens (tertiary/aromatic N) is 3. The zero-order valence-electron chi connectivity index (χ0n) is 17.2. The van der Waals surface area contributed by atoms with Crippen LogP contribution in [0.3, 0.4) is 0 Å². The summed E-state index contributed by atoms with van der Waals surface area (Å²) in [5.74, 6) is 0.238. The molecule has 1 N–H and O–H groups in total. The molecule has 2 heterocycles. The normalized spacial score (nSPS) is 17.2. The van der Waals surface area contributed by atoms with Crippen molar-refractivity contribution in [2.45, 2.75) is 31.2 Å². The van der Waals surface area contributed by atoms with Crippen LogP contribution in [-0.4, -0.2) is 54.0 Å². The van der Waals surface area contributed by atoms with Crippen LogP contribution in [0.1, 0.15) is 18.4 Å². The monoisotopic (exact) mass is 504 g/mol. The lowest BCUT2D eigenvalue weighted by Crippen LogP contribution is -2.49. The quantitative estimate of drug-likeness (QED) is 0.592. The highest BCUT2D eigenvalue weighted by molar-refractivity contribution is 6.30. The molecule has 1 saturated heterocycles. The Hall–Kier alpha value is -2.74. The van der Waals surface area contributed by atoms with Crippen LogP contribution in [0.25, 0.3) is 0 Å². The largest absolute Gasteiger partial charge is 0.473 e. The van der Waals surface area contributed by atoms with E-state index in [9.17, 15) is 18.0 Å². The lowest BCUT2D eigenvalue weighted by molar-refractivity contribution is -0.207. The van der Waals surface area contributed by atoms with Crippen LogP contribution >= 0.6 is 24.0 Å². The molecule has 0 bridgehead atoms. The highest BCUT2D eigenvalue weighted by Gasteiger charge is 2.44. The van der Waals surface area contributed by atoms with E-state index < -0.39 is 31.0 Å². The molecule has 1 fully saturated rings. The highest BCUT2D eigenvalue weighted by atomic mass is 35.5. The smallest absolute Gasteiger partial charge is 0.426 e. The molecule has 12 heteroatoms. The van der Waals surface area contributed by atoms with Crippen LogP contribution in [0.2, 0.25) is 5.02 Å². The number of benzene rings is 1. The average molecular weight is 505 g/mol. The Kier molecular flexibility index (Phi) is 9.58. The summed E-state index contributed by atoms with van der Waals surface area (Å²) in [5.41, 5.74) is 0.638. The van der Waals surface area contributed by atoms with Gasteiger partial charge in [0.2, 0.25) is 12.0 Å². The van der Waals surface area contributed by atoms with E-state index >= 15 is 0 Å². The first kappa shape index (κ1) is 26.5. The van der Waals surface area contributed by atoms with Gasteiger partial charge < -0.3 is 9.47 Å². The Balaban J connectivity index is 0.00000385. The van der Waals surface area contributed by atoms with Gasteiger partial charge in [-0.15, -0.1) is 12.4 Å². The lowest BCUT2D eigenvalue weighted by Gasteiger charge is -2.34.